The Bertz CT molecular complexity index is 524. The van der Waals surface area contributed by atoms with E-state index in [2.05, 4.69) is 39.4 Å². The molecule has 0 amide bonds. The number of rotatable bonds is 7. The van der Waals surface area contributed by atoms with Crippen molar-refractivity contribution in [1.29, 1.82) is 0 Å². The molecule has 2 heterocycles. The van der Waals surface area contributed by atoms with E-state index in [-0.39, 0.29) is 0 Å². The summed E-state index contributed by atoms with van der Waals surface area (Å²) in [5, 5.41) is 6.75. The smallest absolute Gasteiger partial charge is 0.127 e. The minimum atomic E-state index is 0.793. The Hall–Kier alpha value is -2.01. The van der Waals surface area contributed by atoms with Gasteiger partial charge in [-0.15, -0.1) is 0 Å². The molecular formula is C15H21N5. The number of hydrogen-bond donors (Lipinski definition) is 2. The fourth-order valence-corrected chi connectivity index (χ4v) is 1.85. The van der Waals surface area contributed by atoms with Gasteiger partial charge in [-0.05, 0) is 18.6 Å². The Kier molecular flexibility index (Phi) is 5.43. The third-order valence-corrected chi connectivity index (χ3v) is 3.04. The van der Waals surface area contributed by atoms with Crippen LogP contribution in [-0.2, 0) is 13.0 Å². The molecule has 5 nitrogen and oxygen atoms in total. The fraction of sp³-hybridized carbons (Fsp3) is 0.400. The summed E-state index contributed by atoms with van der Waals surface area (Å²) < 4.78 is 0. The van der Waals surface area contributed by atoms with Gasteiger partial charge in [-0.2, -0.15) is 0 Å². The van der Waals surface area contributed by atoms with Gasteiger partial charge in [0.05, 0.1) is 0 Å². The van der Waals surface area contributed by atoms with Gasteiger partial charge in [0.15, 0.2) is 0 Å². The first-order chi connectivity index (χ1) is 9.79. The van der Waals surface area contributed by atoms with E-state index < -0.39 is 0 Å². The fourth-order valence-electron chi connectivity index (χ4n) is 1.85. The van der Waals surface area contributed by atoms with Gasteiger partial charge in [0.1, 0.15) is 5.82 Å². The highest BCUT2D eigenvalue weighted by atomic mass is 15.0. The lowest BCUT2D eigenvalue weighted by molar-refractivity contribution is 0.699. The highest BCUT2D eigenvalue weighted by Crippen LogP contribution is 2.10. The SMILES string of the molecule is CCc1ncc(CNCCNc2ccncc2C)cn1. The van der Waals surface area contributed by atoms with E-state index in [4.69, 9.17) is 0 Å². The van der Waals surface area contributed by atoms with Gasteiger partial charge in [-0.25, -0.2) is 9.97 Å². The molecule has 0 fully saturated rings. The highest BCUT2D eigenvalue weighted by molar-refractivity contribution is 5.48. The van der Waals surface area contributed by atoms with E-state index in [9.17, 15) is 0 Å². The number of aromatic nitrogens is 3. The Morgan fingerprint density at radius 1 is 1.10 bits per heavy atom. The van der Waals surface area contributed by atoms with Crippen molar-refractivity contribution in [1.82, 2.24) is 20.3 Å². The van der Waals surface area contributed by atoms with Crippen LogP contribution in [0.5, 0.6) is 0 Å². The second-order valence-electron chi connectivity index (χ2n) is 4.66. The number of nitrogens with one attached hydrogen (secondary N) is 2. The normalized spacial score (nSPS) is 10.5. The summed E-state index contributed by atoms with van der Waals surface area (Å²) >= 11 is 0. The summed E-state index contributed by atoms with van der Waals surface area (Å²) in [5.74, 6) is 0.892. The molecular weight excluding hydrogens is 250 g/mol. The monoisotopic (exact) mass is 271 g/mol. The molecule has 0 aliphatic carbocycles. The second-order valence-corrected chi connectivity index (χ2v) is 4.66. The van der Waals surface area contributed by atoms with Gasteiger partial charge in [-0.3, -0.25) is 4.98 Å². The predicted octanol–water partition coefficient (Wildman–Crippen LogP) is 1.94. The summed E-state index contributed by atoms with van der Waals surface area (Å²) in [6.45, 7) is 6.66. The van der Waals surface area contributed by atoms with Crippen LogP contribution in [0.15, 0.2) is 30.9 Å². The van der Waals surface area contributed by atoms with Crippen molar-refractivity contribution in [2.75, 3.05) is 18.4 Å². The van der Waals surface area contributed by atoms with Gasteiger partial charge in [0.2, 0.25) is 0 Å². The van der Waals surface area contributed by atoms with Crippen LogP contribution in [0.3, 0.4) is 0 Å². The van der Waals surface area contributed by atoms with Crippen LogP contribution in [0, 0.1) is 6.92 Å². The zero-order valence-corrected chi connectivity index (χ0v) is 12.1. The van der Waals surface area contributed by atoms with Crippen molar-refractivity contribution in [3.8, 4) is 0 Å². The standard InChI is InChI=1S/C15H21N5/c1-3-15-19-10-13(11-20-15)9-17-6-7-18-14-4-5-16-8-12(14)2/h4-5,8,10-11,17H,3,6-7,9H2,1-2H3,(H,16,18). The van der Waals surface area contributed by atoms with E-state index in [0.717, 1.165) is 48.7 Å². The zero-order valence-electron chi connectivity index (χ0n) is 12.1. The summed E-state index contributed by atoms with van der Waals surface area (Å²) in [5.41, 5.74) is 3.41. The average molecular weight is 271 g/mol. The van der Waals surface area contributed by atoms with E-state index in [1.54, 1.807) is 6.20 Å². The molecule has 106 valence electrons. The summed E-state index contributed by atoms with van der Waals surface area (Å²) in [6.07, 6.45) is 8.32. The Balaban J connectivity index is 1.67. The number of pyridine rings is 1. The molecule has 0 saturated heterocycles. The van der Waals surface area contributed by atoms with Crippen molar-refractivity contribution in [2.24, 2.45) is 0 Å². The number of aryl methyl sites for hydroxylation is 2. The third-order valence-electron chi connectivity index (χ3n) is 3.04. The lowest BCUT2D eigenvalue weighted by Gasteiger charge is -2.09. The molecule has 0 aliphatic rings. The molecule has 0 aromatic carbocycles. The van der Waals surface area contributed by atoms with Gasteiger partial charge in [0, 0.05) is 62.1 Å². The molecule has 2 aromatic heterocycles. The minimum Gasteiger partial charge on any atom is -0.383 e. The lowest BCUT2D eigenvalue weighted by Crippen LogP contribution is -2.22. The molecule has 0 bridgehead atoms. The summed E-state index contributed by atoms with van der Waals surface area (Å²) in [7, 11) is 0. The third kappa shape index (κ3) is 4.28. The van der Waals surface area contributed by atoms with Crippen LogP contribution in [0.2, 0.25) is 0 Å². The van der Waals surface area contributed by atoms with Crippen LogP contribution in [0.1, 0.15) is 23.9 Å². The van der Waals surface area contributed by atoms with Crippen molar-refractivity contribution in [2.45, 2.75) is 26.8 Å². The van der Waals surface area contributed by atoms with Crippen molar-refractivity contribution >= 4 is 5.69 Å². The minimum absolute atomic E-state index is 0.793. The molecule has 2 aromatic rings. The predicted molar refractivity (Wildman–Crippen MR) is 80.6 cm³/mol. The van der Waals surface area contributed by atoms with Crippen LogP contribution in [0.4, 0.5) is 5.69 Å². The quantitative estimate of drug-likeness (QED) is 0.754. The Morgan fingerprint density at radius 3 is 2.60 bits per heavy atom. The largest absolute Gasteiger partial charge is 0.383 e. The first-order valence-electron chi connectivity index (χ1n) is 6.94. The molecule has 0 radical (unpaired) electrons. The van der Waals surface area contributed by atoms with Gasteiger partial charge < -0.3 is 10.6 Å². The second kappa shape index (κ2) is 7.55. The van der Waals surface area contributed by atoms with Crippen molar-refractivity contribution in [3.05, 3.63) is 47.8 Å². The van der Waals surface area contributed by atoms with E-state index in [1.807, 2.05) is 24.7 Å². The van der Waals surface area contributed by atoms with Crippen LogP contribution in [-0.4, -0.2) is 28.0 Å². The van der Waals surface area contributed by atoms with Gasteiger partial charge >= 0.3 is 0 Å². The van der Waals surface area contributed by atoms with Gasteiger partial charge in [0.25, 0.3) is 0 Å². The summed E-state index contributed by atoms with van der Waals surface area (Å²) in [6, 6.07) is 1.99. The Morgan fingerprint density at radius 2 is 1.90 bits per heavy atom. The van der Waals surface area contributed by atoms with Crippen molar-refractivity contribution in [3.63, 3.8) is 0 Å². The Labute approximate surface area is 119 Å². The molecule has 0 unspecified atom stereocenters. The number of nitrogens with zero attached hydrogens (tertiary/aromatic N) is 3. The summed E-state index contributed by atoms with van der Waals surface area (Å²) in [4.78, 5) is 12.6. The van der Waals surface area contributed by atoms with Crippen LogP contribution < -0.4 is 10.6 Å². The maximum absolute atomic E-state index is 4.28. The molecule has 0 spiro atoms. The van der Waals surface area contributed by atoms with E-state index in [1.165, 1.54) is 0 Å². The molecule has 20 heavy (non-hydrogen) atoms. The molecule has 2 rings (SSSR count). The maximum atomic E-state index is 4.28. The highest BCUT2D eigenvalue weighted by Gasteiger charge is 1.97. The topological polar surface area (TPSA) is 62.7 Å². The molecule has 2 N–H and O–H groups in total. The molecule has 0 saturated carbocycles. The molecule has 5 heteroatoms. The average Bonchev–Trinajstić information content (AvgIpc) is 2.49. The van der Waals surface area contributed by atoms with E-state index in [0.29, 0.717) is 0 Å². The van der Waals surface area contributed by atoms with Crippen molar-refractivity contribution < 1.29 is 0 Å². The number of anilines is 1. The first-order valence-corrected chi connectivity index (χ1v) is 6.94. The van der Waals surface area contributed by atoms with E-state index >= 15 is 0 Å². The van der Waals surface area contributed by atoms with Gasteiger partial charge in [-0.1, -0.05) is 6.92 Å². The molecule has 0 atom stereocenters. The number of hydrogen-bond acceptors (Lipinski definition) is 5. The lowest BCUT2D eigenvalue weighted by atomic mass is 10.2. The maximum Gasteiger partial charge on any atom is 0.127 e. The first kappa shape index (κ1) is 14.4. The molecule has 0 aliphatic heterocycles. The van der Waals surface area contributed by atoms with Crippen LogP contribution in [0.25, 0.3) is 0 Å². The van der Waals surface area contributed by atoms with Crippen LogP contribution >= 0.6 is 0 Å². The zero-order chi connectivity index (χ0) is 14.2.